The van der Waals surface area contributed by atoms with Crippen molar-refractivity contribution in [3.05, 3.63) is 41.2 Å². The maximum Gasteiger partial charge on any atom is 0.305 e. The fourth-order valence-electron chi connectivity index (χ4n) is 2.24. The minimum Gasteiger partial charge on any atom is -0.481 e. The highest BCUT2D eigenvalue weighted by atomic mass is 35.5. The van der Waals surface area contributed by atoms with E-state index >= 15 is 0 Å². The van der Waals surface area contributed by atoms with Crippen LogP contribution in [-0.4, -0.2) is 51.2 Å². The number of halogens is 1. The molecule has 1 aromatic carbocycles. The molecule has 2 N–H and O–H groups in total. The zero-order valence-corrected chi connectivity index (χ0v) is 13.9. The standard InChI is InChI=1S/C15H17ClN4O4/c1-15(9-24-2,7-13(21)22)17-14(23)11-8-20(19-18-11)12-6-4-3-5-10(12)16/h3-6,8H,7,9H2,1-2H3,(H,17,23)(H,21,22). The van der Waals surface area contributed by atoms with Crippen LogP contribution in [0.25, 0.3) is 5.69 Å². The monoisotopic (exact) mass is 352 g/mol. The van der Waals surface area contributed by atoms with Crippen molar-refractivity contribution in [2.75, 3.05) is 13.7 Å². The van der Waals surface area contributed by atoms with Crippen molar-refractivity contribution in [1.82, 2.24) is 20.3 Å². The number of aliphatic carboxylic acids is 1. The predicted octanol–water partition coefficient (Wildman–Crippen LogP) is 1.53. The molecule has 2 rings (SSSR count). The van der Waals surface area contributed by atoms with Crippen LogP contribution in [0.3, 0.4) is 0 Å². The Labute approximate surface area is 143 Å². The van der Waals surface area contributed by atoms with Gasteiger partial charge in [0.25, 0.3) is 5.91 Å². The van der Waals surface area contributed by atoms with Gasteiger partial charge in [-0.3, -0.25) is 9.59 Å². The van der Waals surface area contributed by atoms with Gasteiger partial charge in [-0.15, -0.1) is 5.10 Å². The molecule has 1 atom stereocenters. The molecule has 1 unspecified atom stereocenters. The lowest BCUT2D eigenvalue weighted by Gasteiger charge is -2.27. The van der Waals surface area contributed by atoms with Gasteiger partial charge in [0.15, 0.2) is 5.69 Å². The Morgan fingerprint density at radius 2 is 2.12 bits per heavy atom. The molecule has 0 fully saturated rings. The summed E-state index contributed by atoms with van der Waals surface area (Å²) in [6.07, 6.45) is 1.13. The second-order valence-corrected chi connectivity index (χ2v) is 5.93. The van der Waals surface area contributed by atoms with E-state index in [2.05, 4.69) is 15.6 Å². The van der Waals surface area contributed by atoms with Crippen molar-refractivity contribution in [3.8, 4) is 5.69 Å². The number of para-hydroxylation sites is 1. The summed E-state index contributed by atoms with van der Waals surface area (Å²) in [5, 5.41) is 19.8. The molecule has 128 valence electrons. The number of carboxylic acid groups (broad SMARTS) is 1. The smallest absolute Gasteiger partial charge is 0.305 e. The highest BCUT2D eigenvalue weighted by Gasteiger charge is 2.30. The van der Waals surface area contributed by atoms with Crippen LogP contribution in [0, 0.1) is 0 Å². The van der Waals surface area contributed by atoms with E-state index in [0.29, 0.717) is 10.7 Å². The quantitative estimate of drug-likeness (QED) is 0.782. The first kappa shape index (κ1) is 17.9. The lowest BCUT2D eigenvalue weighted by Crippen LogP contribution is -2.50. The molecule has 1 aromatic heterocycles. The fourth-order valence-corrected chi connectivity index (χ4v) is 2.47. The molecule has 0 aliphatic carbocycles. The van der Waals surface area contributed by atoms with Crippen LogP contribution in [0.5, 0.6) is 0 Å². The average Bonchev–Trinajstić information content (AvgIpc) is 2.96. The molecule has 0 aliphatic rings. The zero-order chi connectivity index (χ0) is 17.7. The number of hydrogen-bond acceptors (Lipinski definition) is 5. The SMILES string of the molecule is COCC(C)(CC(=O)O)NC(=O)c1cn(-c2ccccc2Cl)nn1. The molecule has 0 spiro atoms. The zero-order valence-electron chi connectivity index (χ0n) is 13.2. The number of methoxy groups -OCH3 is 1. The first-order valence-corrected chi connectivity index (χ1v) is 7.43. The predicted molar refractivity (Wildman–Crippen MR) is 86.4 cm³/mol. The minimum atomic E-state index is -1.06. The molecule has 9 heteroatoms. The number of nitrogens with zero attached hydrogens (tertiary/aromatic N) is 3. The molecule has 24 heavy (non-hydrogen) atoms. The number of aromatic nitrogens is 3. The number of ether oxygens (including phenoxy) is 1. The average molecular weight is 353 g/mol. The van der Waals surface area contributed by atoms with Gasteiger partial charge >= 0.3 is 5.97 Å². The maximum absolute atomic E-state index is 12.3. The third-order valence-electron chi connectivity index (χ3n) is 3.24. The molecule has 0 radical (unpaired) electrons. The highest BCUT2D eigenvalue weighted by Crippen LogP contribution is 2.19. The largest absolute Gasteiger partial charge is 0.481 e. The van der Waals surface area contributed by atoms with Gasteiger partial charge in [0.1, 0.15) is 0 Å². The van der Waals surface area contributed by atoms with Crippen LogP contribution >= 0.6 is 11.6 Å². The van der Waals surface area contributed by atoms with Crippen LogP contribution in [0.4, 0.5) is 0 Å². The third kappa shape index (κ3) is 4.30. The molecule has 0 saturated carbocycles. The van der Waals surface area contributed by atoms with Crippen molar-refractivity contribution in [1.29, 1.82) is 0 Å². The summed E-state index contributed by atoms with van der Waals surface area (Å²) in [5.74, 6) is -1.59. The fraction of sp³-hybridized carbons (Fsp3) is 0.333. The van der Waals surface area contributed by atoms with E-state index in [1.807, 2.05) is 0 Å². The second-order valence-electron chi connectivity index (χ2n) is 5.52. The van der Waals surface area contributed by atoms with E-state index < -0.39 is 17.4 Å². The summed E-state index contributed by atoms with van der Waals surface area (Å²) < 4.78 is 6.38. The van der Waals surface area contributed by atoms with Gasteiger partial charge in [0.2, 0.25) is 0 Å². The summed E-state index contributed by atoms with van der Waals surface area (Å²) in [4.78, 5) is 23.3. The lowest BCUT2D eigenvalue weighted by molar-refractivity contribution is -0.139. The summed E-state index contributed by atoms with van der Waals surface area (Å²) in [5.41, 5.74) is -0.440. The van der Waals surface area contributed by atoms with Gasteiger partial charge in [-0.05, 0) is 19.1 Å². The first-order valence-electron chi connectivity index (χ1n) is 7.05. The molecule has 1 heterocycles. The van der Waals surface area contributed by atoms with Gasteiger partial charge in [0.05, 0.1) is 35.5 Å². The Kier molecular flexibility index (Phi) is 5.53. The lowest BCUT2D eigenvalue weighted by atomic mass is 9.99. The Morgan fingerprint density at radius 1 is 1.42 bits per heavy atom. The van der Waals surface area contributed by atoms with E-state index in [-0.39, 0.29) is 18.7 Å². The number of carboxylic acids is 1. The van der Waals surface area contributed by atoms with E-state index in [1.54, 1.807) is 31.2 Å². The second kappa shape index (κ2) is 7.41. The third-order valence-corrected chi connectivity index (χ3v) is 3.56. The minimum absolute atomic E-state index is 0.0441. The summed E-state index contributed by atoms with van der Waals surface area (Å²) in [6.45, 7) is 1.63. The van der Waals surface area contributed by atoms with Gasteiger partial charge in [-0.2, -0.15) is 0 Å². The van der Waals surface area contributed by atoms with Crippen molar-refractivity contribution >= 4 is 23.5 Å². The van der Waals surface area contributed by atoms with Gasteiger partial charge in [-0.25, -0.2) is 4.68 Å². The van der Waals surface area contributed by atoms with Crippen molar-refractivity contribution in [2.45, 2.75) is 18.9 Å². The van der Waals surface area contributed by atoms with Crippen LogP contribution in [0.15, 0.2) is 30.5 Å². The Balaban J connectivity index is 2.18. The molecule has 0 saturated heterocycles. The van der Waals surface area contributed by atoms with Gasteiger partial charge < -0.3 is 15.2 Å². The Morgan fingerprint density at radius 3 is 2.75 bits per heavy atom. The van der Waals surface area contributed by atoms with Crippen LogP contribution < -0.4 is 5.32 Å². The van der Waals surface area contributed by atoms with Crippen molar-refractivity contribution in [3.63, 3.8) is 0 Å². The van der Waals surface area contributed by atoms with Gasteiger partial charge in [0, 0.05) is 7.11 Å². The van der Waals surface area contributed by atoms with Gasteiger partial charge in [-0.1, -0.05) is 28.9 Å². The first-order chi connectivity index (χ1) is 11.3. The maximum atomic E-state index is 12.3. The normalized spacial score (nSPS) is 13.3. The number of nitrogens with one attached hydrogen (secondary N) is 1. The Bertz CT molecular complexity index is 749. The molecular formula is C15H17ClN4O4. The van der Waals surface area contributed by atoms with Crippen molar-refractivity contribution < 1.29 is 19.4 Å². The molecule has 0 aliphatic heterocycles. The number of hydrogen-bond donors (Lipinski definition) is 2. The van der Waals surface area contributed by atoms with Crippen LogP contribution in [-0.2, 0) is 9.53 Å². The van der Waals surface area contributed by atoms with E-state index in [1.165, 1.54) is 18.0 Å². The van der Waals surface area contributed by atoms with E-state index in [4.69, 9.17) is 21.4 Å². The number of benzene rings is 1. The van der Waals surface area contributed by atoms with E-state index in [0.717, 1.165) is 0 Å². The topological polar surface area (TPSA) is 106 Å². The molecule has 8 nitrogen and oxygen atoms in total. The number of carbonyl (C=O) groups excluding carboxylic acids is 1. The molecular weight excluding hydrogens is 336 g/mol. The molecule has 1 amide bonds. The summed E-state index contributed by atoms with van der Waals surface area (Å²) >= 11 is 6.08. The summed E-state index contributed by atoms with van der Waals surface area (Å²) in [7, 11) is 1.43. The van der Waals surface area contributed by atoms with Crippen molar-refractivity contribution in [2.24, 2.45) is 0 Å². The van der Waals surface area contributed by atoms with Crippen LogP contribution in [0.2, 0.25) is 5.02 Å². The number of carbonyl (C=O) groups is 2. The highest BCUT2D eigenvalue weighted by molar-refractivity contribution is 6.32. The number of amides is 1. The Hall–Kier alpha value is -2.45. The van der Waals surface area contributed by atoms with E-state index in [9.17, 15) is 9.59 Å². The summed E-state index contributed by atoms with van der Waals surface area (Å²) in [6, 6.07) is 6.99. The van der Waals surface area contributed by atoms with Crippen LogP contribution in [0.1, 0.15) is 23.8 Å². The molecule has 2 aromatic rings. The molecule has 0 bridgehead atoms. The number of rotatable bonds is 7.